The Morgan fingerprint density at radius 2 is 1.83 bits per heavy atom. The molecular weight excluding hydrogens is 470 g/mol. The molecule has 8 nitrogen and oxygen atoms in total. The van der Waals surface area contributed by atoms with Crippen molar-refractivity contribution < 1.29 is 23.9 Å². The first-order chi connectivity index (χ1) is 16.9. The van der Waals surface area contributed by atoms with Gasteiger partial charge in [-0.05, 0) is 49.4 Å². The largest absolute Gasteiger partial charge is 0.493 e. The minimum absolute atomic E-state index is 0.0391. The van der Waals surface area contributed by atoms with Gasteiger partial charge in [-0.25, -0.2) is 9.69 Å². The maximum atomic E-state index is 13.0. The minimum Gasteiger partial charge on any atom is -0.493 e. The van der Waals surface area contributed by atoms with E-state index in [0.29, 0.717) is 27.7 Å². The average molecular weight is 492 g/mol. The molecule has 0 spiro atoms. The number of rotatable bonds is 7. The van der Waals surface area contributed by atoms with Crippen molar-refractivity contribution in [3.63, 3.8) is 0 Å². The third-order valence-electron chi connectivity index (χ3n) is 5.16. The normalized spacial score (nSPS) is 14.1. The van der Waals surface area contributed by atoms with Gasteiger partial charge in [-0.1, -0.05) is 47.5 Å². The summed E-state index contributed by atoms with van der Waals surface area (Å²) in [5, 5.41) is 5.73. The number of ether oxygens (including phenoxy) is 2. The molecule has 3 aromatic rings. The van der Waals surface area contributed by atoms with Crippen molar-refractivity contribution in [2.24, 2.45) is 0 Å². The van der Waals surface area contributed by atoms with Crippen LogP contribution in [-0.2, 0) is 9.59 Å². The second-order valence-electron chi connectivity index (χ2n) is 7.69. The summed E-state index contributed by atoms with van der Waals surface area (Å²) < 4.78 is 11.2. The van der Waals surface area contributed by atoms with Crippen molar-refractivity contribution in [1.29, 1.82) is 0 Å². The van der Waals surface area contributed by atoms with Gasteiger partial charge in [0, 0.05) is 16.3 Å². The molecule has 1 aliphatic heterocycles. The van der Waals surface area contributed by atoms with E-state index in [1.165, 1.54) is 19.3 Å². The summed E-state index contributed by atoms with van der Waals surface area (Å²) in [5.74, 6) is -0.297. The molecule has 0 aromatic heterocycles. The Hall–Kier alpha value is -4.30. The molecule has 2 N–H and O–H groups in total. The number of urea groups is 1. The predicted octanol–water partition coefficient (Wildman–Crippen LogP) is 4.77. The number of hydrogen-bond acceptors (Lipinski definition) is 5. The lowest BCUT2D eigenvalue weighted by molar-refractivity contribution is -0.118. The summed E-state index contributed by atoms with van der Waals surface area (Å²) in [6.07, 6.45) is 1.47. The van der Waals surface area contributed by atoms with Crippen LogP contribution in [0.15, 0.2) is 72.4 Å². The molecule has 4 amide bonds. The van der Waals surface area contributed by atoms with E-state index in [1.807, 2.05) is 19.1 Å². The molecule has 35 heavy (non-hydrogen) atoms. The van der Waals surface area contributed by atoms with Gasteiger partial charge in [0.1, 0.15) is 5.70 Å². The maximum absolute atomic E-state index is 13.0. The van der Waals surface area contributed by atoms with E-state index in [0.717, 1.165) is 10.5 Å². The number of nitrogens with zero attached hydrogens (tertiary/aromatic N) is 1. The van der Waals surface area contributed by atoms with Crippen molar-refractivity contribution in [2.45, 2.75) is 6.92 Å². The van der Waals surface area contributed by atoms with Gasteiger partial charge in [-0.2, -0.15) is 0 Å². The Morgan fingerprint density at radius 1 is 1.09 bits per heavy atom. The van der Waals surface area contributed by atoms with Crippen LogP contribution in [0, 0.1) is 6.92 Å². The van der Waals surface area contributed by atoms with Crippen molar-refractivity contribution in [2.75, 3.05) is 23.9 Å². The lowest BCUT2D eigenvalue weighted by Crippen LogP contribution is -2.30. The number of hydrogen-bond donors (Lipinski definition) is 2. The van der Waals surface area contributed by atoms with E-state index >= 15 is 0 Å². The van der Waals surface area contributed by atoms with Gasteiger partial charge < -0.3 is 20.1 Å². The van der Waals surface area contributed by atoms with Gasteiger partial charge in [0.15, 0.2) is 18.1 Å². The highest BCUT2D eigenvalue weighted by molar-refractivity contribution is 6.32. The van der Waals surface area contributed by atoms with Gasteiger partial charge in [0.2, 0.25) is 0 Å². The highest BCUT2D eigenvalue weighted by Crippen LogP contribution is 2.33. The number of carbonyl (C=O) groups is 3. The van der Waals surface area contributed by atoms with Crippen LogP contribution in [0.5, 0.6) is 11.5 Å². The molecule has 1 aliphatic rings. The first-order valence-corrected chi connectivity index (χ1v) is 11.0. The topological polar surface area (TPSA) is 97.0 Å². The molecular formula is C26H22ClN3O5. The third kappa shape index (κ3) is 5.44. The van der Waals surface area contributed by atoms with Crippen molar-refractivity contribution in [1.82, 2.24) is 5.32 Å². The van der Waals surface area contributed by atoms with Crippen LogP contribution in [0.1, 0.15) is 11.1 Å². The predicted molar refractivity (Wildman–Crippen MR) is 134 cm³/mol. The van der Waals surface area contributed by atoms with Gasteiger partial charge in [-0.15, -0.1) is 0 Å². The van der Waals surface area contributed by atoms with Crippen LogP contribution in [-0.4, -0.2) is 31.6 Å². The Morgan fingerprint density at radius 3 is 2.54 bits per heavy atom. The van der Waals surface area contributed by atoms with Crippen molar-refractivity contribution in [3.05, 3.63) is 88.6 Å². The monoisotopic (exact) mass is 491 g/mol. The van der Waals surface area contributed by atoms with E-state index in [2.05, 4.69) is 10.6 Å². The number of para-hydroxylation sites is 1. The van der Waals surface area contributed by atoms with Crippen LogP contribution in [0.2, 0.25) is 5.02 Å². The molecule has 0 atom stereocenters. The molecule has 178 valence electrons. The fourth-order valence-electron chi connectivity index (χ4n) is 3.47. The van der Waals surface area contributed by atoms with Crippen molar-refractivity contribution >= 4 is 46.9 Å². The molecule has 0 saturated carbocycles. The Balaban J connectivity index is 1.55. The fourth-order valence-corrected chi connectivity index (χ4v) is 3.66. The summed E-state index contributed by atoms with van der Waals surface area (Å²) in [6.45, 7) is 1.66. The molecule has 0 bridgehead atoms. The van der Waals surface area contributed by atoms with Crippen LogP contribution in [0.3, 0.4) is 0 Å². The zero-order valence-corrected chi connectivity index (χ0v) is 19.8. The first-order valence-electron chi connectivity index (χ1n) is 10.6. The van der Waals surface area contributed by atoms with E-state index in [4.69, 9.17) is 21.1 Å². The molecule has 1 saturated heterocycles. The maximum Gasteiger partial charge on any atom is 0.333 e. The second-order valence-corrected chi connectivity index (χ2v) is 8.13. The highest BCUT2D eigenvalue weighted by Gasteiger charge is 2.35. The van der Waals surface area contributed by atoms with Crippen molar-refractivity contribution in [3.8, 4) is 11.5 Å². The number of nitrogens with one attached hydrogen (secondary N) is 2. The fraction of sp³-hybridized carbons (Fsp3) is 0.115. The summed E-state index contributed by atoms with van der Waals surface area (Å²) in [7, 11) is 1.47. The molecule has 4 rings (SSSR count). The van der Waals surface area contributed by atoms with Crippen LogP contribution in [0.25, 0.3) is 6.08 Å². The molecule has 9 heteroatoms. The average Bonchev–Trinajstić information content (AvgIpc) is 3.12. The standard InChI is InChI=1S/C26H22ClN3O5/c1-16-9-11-19(12-10-16)28-23(31)15-35-24-17(5-3-8-22(24)34-2)13-21-25(32)30(26(33)29-21)20-7-4-6-18(27)14-20/h3-14H,15H2,1-2H3,(H,28,31)(H,29,33). The second kappa shape index (κ2) is 10.3. The third-order valence-corrected chi connectivity index (χ3v) is 5.39. The lowest BCUT2D eigenvalue weighted by atomic mass is 10.1. The SMILES string of the molecule is COc1cccc(C=C2NC(=O)N(c3cccc(Cl)c3)C2=O)c1OCC(=O)Nc1ccc(C)cc1. The molecule has 1 fully saturated rings. The number of imide groups is 1. The number of anilines is 2. The van der Waals surface area contributed by atoms with Gasteiger partial charge in [0.25, 0.3) is 11.8 Å². The Kier molecular flexibility index (Phi) is 7.03. The van der Waals surface area contributed by atoms with Gasteiger partial charge in [-0.3, -0.25) is 9.59 Å². The quantitative estimate of drug-likeness (QED) is 0.366. The Bertz CT molecular complexity index is 1320. The number of halogens is 1. The van der Waals surface area contributed by atoms with Crippen LogP contribution in [0.4, 0.5) is 16.2 Å². The highest BCUT2D eigenvalue weighted by atomic mass is 35.5. The summed E-state index contributed by atoms with van der Waals surface area (Å²) in [6, 6.07) is 18.3. The smallest absolute Gasteiger partial charge is 0.333 e. The van der Waals surface area contributed by atoms with E-state index < -0.39 is 11.9 Å². The van der Waals surface area contributed by atoms with E-state index in [-0.39, 0.29) is 24.0 Å². The van der Waals surface area contributed by atoms with Crippen LogP contribution < -0.4 is 25.0 Å². The molecule has 0 radical (unpaired) electrons. The van der Waals surface area contributed by atoms with Crippen LogP contribution >= 0.6 is 11.6 Å². The zero-order valence-electron chi connectivity index (χ0n) is 19.0. The molecule has 0 unspecified atom stereocenters. The first kappa shape index (κ1) is 23.8. The van der Waals surface area contributed by atoms with E-state index in [9.17, 15) is 14.4 Å². The summed E-state index contributed by atoms with van der Waals surface area (Å²) in [4.78, 5) is 38.9. The number of benzene rings is 3. The lowest BCUT2D eigenvalue weighted by Gasteiger charge is -2.14. The van der Waals surface area contributed by atoms with Gasteiger partial charge in [0.05, 0.1) is 12.8 Å². The molecule has 3 aromatic carbocycles. The number of aryl methyl sites for hydroxylation is 1. The number of carbonyl (C=O) groups excluding carboxylic acids is 3. The minimum atomic E-state index is -0.605. The van der Waals surface area contributed by atoms with E-state index in [1.54, 1.807) is 48.5 Å². The Labute approximate surface area is 207 Å². The zero-order chi connectivity index (χ0) is 24.9. The molecule has 0 aliphatic carbocycles. The molecule has 1 heterocycles. The van der Waals surface area contributed by atoms with Gasteiger partial charge >= 0.3 is 6.03 Å². The summed E-state index contributed by atoms with van der Waals surface area (Å²) >= 11 is 6.01. The number of methoxy groups -OCH3 is 1. The summed E-state index contributed by atoms with van der Waals surface area (Å²) in [5.41, 5.74) is 2.56. The number of amides is 4.